The predicted octanol–water partition coefficient (Wildman–Crippen LogP) is 1.13. The quantitative estimate of drug-likeness (QED) is 0.835. The van der Waals surface area contributed by atoms with Gasteiger partial charge in [-0.05, 0) is 25.7 Å². The molecule has 0 amide bonds. The van der Waals surface area contributed by atoms with Crippen LogP contribution in [0.3, 0.4) is 0 Å². The van der Waals surface area contributed by atoms with E-state index in [2.05, 4.69) is 17.0 Å². The second kappa shape index (κ2) is 6.12. The molecule has 1 saturated heterocycles. The van der Waals surface area contributed by atoms with E-state index in [9.17, 15) is 0 Å². The molecule has 5 nitrogen and oxygen atoms in total. The van der Waals surface area contributed by atoms with Crippen molar-refractivity contribution in [2.45, 2.75) is 57.7 Å². The topological polar surface area (TPSA) is 66.0 Å². The lowest BCUT2D eigenvalue weighted by Crippen LogP contribution is -2.41. The maximum atomic E-state index is 6.20. The highest BCUT2D eigenvalue weighted by molar-refractivity contribution is 4.92. The predicted molar refractivity (Wildman–Crippen MR) is 65.6 cm³/mol. The zero-order chi connectivity index (χ0) is 12.1. The average molecular weight is 238 g/mol. The lowest BCUT2D eigenvalue weighted by atomic mass is 10.00. The third-order valence-electron chi connectivity index (χ3n) is 3.24. The number of hydrogen-bond acceptors (Lipinski definition) is 4. The maximum Gasteiger partial charge on any atom is 0.138 e. The van der Waals surface area contributed by atoms with Crippen LogP contribution in [0.15, 0.2) is 6.33 Å². The molecule has 0 saturated carbocycles. The van der Waals surface area contributed by atoms with Crippen molar-refractivity contribution in [1.82, 2.24) is 14.8 Å². The molecule has 2 unspecified atom stereocenters. The van der Waals surface area contributed by atoms with Gasteiger partial charge in [0, 0.05) is 25.6 Å². The maximum absolute atomic E-state index is 6.20. The number of nitrogens with zero attached hydrogens (tertiary/aromatic N) is 3. The summed E-state index contributed by atoms with van der Waals surface area (Å²) >= 11 is 0. The Labute approximate surface area is 102 Å². The van der Waals surface area contributed by atoms with Crippen molar-refractivity contribution < 1.29 is 4.74 Å². The van der Waals surface area contributed by atoms with Crippen molar-refractivity contribution >= 4 is 0 Å². The Morgan fingerprint density at radius 3 is 3.18 bits per heavy atom. The van der Waals surface area contributed by atoms with Crippen LogP contribution < -0.4 is 5.73 Å². The van der Waals surface area contributed by atoms with Crippen LogP contribution in [0.5, 0.6) is 0 Å². The van der Waals surface area contributed by atoms with Gasteiger partial charge in [0.25, 0.3) is 0 Å². The summed E-state index contributed by atoms with van der Waals surface area (Å²) in [5.74, 6) is 0.980. The molecule has 1 aliphatic rings. The highest BCUT2D eigenvalue weighted by atomic mass is 16.5. The van der Waals surface area contributed by atoms with Crippen molar-refractivity contribution in [1.29, 1.82) is 0 Å². The Kier molecular flexibility index (Phi) is 4.50. The van der Waals surface area contributed by atoms with Gasteiger partial charge in [-0.3, -0.25) is 4.68 Å². The van der Waals surface area contributed by atoms with Gasteiger partial charge in [0.2, 0.25) is 0 Å². The van der Waals surface area contributed by atoms with Gasteiger partial charge in [0.15, 0.2) is 0 Å². The lowest BCUT2D eigenvalue weighted by Gasteiger charge is -2.27. The van der Waals surface area contributed by atoms with Gasteiger partial charge in [-0.1, -0.05) is 6.92 Å². The first-order valence-electron chi connectivity index (χ1n) is 6.55. The second-order valence-electron chi connectivity index (χ2n) is 4.67. The fourth-order valence-electron chi connectivity index (χ4n) is 2.29. The molecule has 2 N–H and O–H groups in total. The summed E-state index contributed by atoms with van der Waals surface area (Å²) in [7, 11) is 0. The van der Waals surface area contributed by atoms with E-state index in [1.807, 2.05) is 4.68 Å². The normalized spacial score (nSPS) is 22.6. The van der Waals surface area contributed by atoms with Gasteiger partial charge in [-0.15, -0.1) is 0 Å². The SMILES string of the molecule is CCCn1ncnc1CC(N)C1CCCCO1. The summed E-state index contributed by atoms with van der Waals surface area (Å²) in [5, 5.41) is 4.21. The number of aromatic nitrogens is 3. The number of aryl methyl sites for hydroxylation is 1. The molecule has 96 valence electrons. The van der Waals surface area contributed by atoms with Gasteiger partial charge in [-0.25, -0.2) is 4.98 Å². The number of rotatable bonds is 5. The molecule has 0 aliphatic carbocycles. The molecule has 2 rings (SSSR count). The summed E-state index contributed by atoms with van der Waals surface area (Å²) in [6.45, 7) is 3.89. The summed E-state index contributed by atoms with van der Waals surface area (Å²) in [5.41, 5.74) is 6.20. The van der Waals surface area contributed by atoms with Crippen LogP contribution in [0.1, 0.15) is 38.4 Å². The average Bonchev–Trinajstić information content (AvgIpc) is 2.78. The molecule has 0 aromatic carbocycles. The van der Waals surface area contributed by atoms with E-state index in [1.165, 1.54) is 6.42 Å². The first-order valence-corrected chi connectivity index (χ1v) is 6.55. The van der Waals surface area contributed by atoms with Crippen LogP contribution in [0.4, 0.5) is 0 Å². The standard InChI is InChI=1S/C12H22N4O/c1-2-6-16-12(14-9-15-16)8-10(13)11-5-3-4-7-17-11/h9-11H,2-8,13H2,1H3. The van der Waals surface area contributed by atoms with E-state index < -0.39 is 0 Å². The molecule has 1 aromatic heterocycles. The smallest absolute Gasteiger partial charge is 0.138 e. The number of hydrogen-bond donors (Lipinski definition) is 1. The Morgan fingerprint density at radius 2 is 2.47 bits per heavy atom. The molecule has 0 radical (unpaired) electrons. The van der Waals surface area contributed by atoms with Crippen molar-refractivity contribution in [3.8, 4) is 0 Å². The van der Waals surface area contributed by atoms with Gasteiger partial charge in [0.05, 0.1) is 6.10 Å². The zero-order valence-corrected chi connectivity index (χ0v) is 10.5. The van der Waals surface area contributed by atoms with E-state index in [-0.39, 0.29) is 12.1 Å². The Bertz CT molecular complexity index is 333. The van der Waals surface area contributed by atoms with Gasteiger partial charge < -0.3 is 10.5 Å². The van der Waals surface area contributed by atoms with Crippen LogP contribution in [0, 0.1) is 0 Å². The first-order chi connectivity index (χ1) is 8.31. The Balaban J connectivity index is 1.92. The molecule has 2 atom stereocenters. The fraction of sp³-hybridized carbons (Fsp3) is 0.833. The summed E-state index contributed by atoms with van der Waals surface area (Å²) in [6, 6.07) is 0.0371. The van der Waals surface area contributed by atoms with Gasteiger partial charge in [0.1, 0.15) is 12.2 Å². The third-order valence-corrected chi connectivity index (χ3v) is 3.24. The van der Waals surface area contributed by atoms with Gasteiger partial charge >= 0.3 is 0 Å². The molecule has 1 aromatic rings. The Hall–Kier alpha value is -0.940. The summed E-state index contributed by atoms with van der Waals surface area (Å²) in [6.07, 6.45) is 7.07. The van der Waals surface area contributed by atoms with Crippen LogP contribution in [0.2, 0.25) is 0 Å². The Morgan fingerprint density at radius 1 is 1.59 bits per heavy atom. The fourth-order valence-corrected chi connectivity index (χ4v) is 2.29. The van der Waals surface area contributed by atoms with Crippen molar-refractivity contribution in [3.63, 3.8) is 0 Å². The largest absolute Gasteiger partial charge is 0.377 e. The van der Waals surface area contributed by atoms with E-state index in [1.54, 1.807) is 6.33 Å². The van der Waals surface area contributed by atoms with Crippen molar-refractivity contribution in [2.75, 3.05) is 6.61 Å². The van der Waals surface area contributed by atoms with Crippen LogP contribution >= 0.6 is 0 Å². The molecule has 5 heteroatoms. The highest BCUT2D eigenvalue weighted by Gasteiger charge is 2.23. The summed E-state index contributed by atoms with van der Waals surface area (Å²) in [4.78, 5) is 4.29. The van der Waals surface area contributed by atoms with Crippen molar-refractivity contribution in [2.24, 2.45) is 5.73 Å². The minimum atomic E-state index is 0.0371. The lowest BCUT2D eigenvalue weighted by molar-refractivity contribution is 0.000115. The molecule has 2 heterocycles. The molecule has 1 aliphatic heterocycles. The van der Waals surface area contributed by atoms with Crippen LogP contribution in [-0.4, -0.2) is 33.5 Å². The van der Waals surface area contributed by atoms with Crippen LogP contribution in [-0.2, 0) is 17.7 Å². The monoisotopic (exact) mass is 238 g/mol. The van der Waals surface area contributed by atoms with E-state index in [0.29, 0.717) is 0 Å². The molecular weight excluding hydrogens is 216 g/mol. The molecule has 1 fully saturated rings. The number of ether oxygens (including phenoxy) is 1. The minimum absolute atomic E-state index is 0.0371. The minimum Gasteiger partial charge on any atom is -0.377 e. The zero-order valence-electron chi connectivity index (χ0n) is 10.5. The highest BCUT2D eigenvalue weighted by Crippen LogP contribution is 2.16. The second-order valence-corrected chi connectivity index (χ2v) is 4.67. The van der Waals surface area contributed by atoms with E-state index in [4.69, 9.17) is 10.5 Å². The third kappa shape index (κ3) is 3.26. The molecule has 0 bridgehead atoms. The van der Waals surface area contributed by atoms with Gasteiger partial charge in [-0.2, -0.15) is 5.10 Å². The molecular formula is C12H22N4O. The van der Waals surface area contributed by atoms with Crippen LogP contribution in [0.25, 0.3) is 0 Å². The number of nitrogens with two attached hydrogens (primary N) is 1. The molecule has 17 heavy (non-hydrogen) atoms. The van der Waals surface area contributed by atoms with Crippen molar-refractivity contribution in [3.05, 3.63) is 12.2 Å². The van der Waals surface area contributed by atoms with E-state index in [0.717, 1.165) is 44.7 Å². The van der Waals surface area contributed by atoms with E-state index >= 15 is 0 Å². The first kappa shape index (κ1) is 12.5. The molecule has 0 spiro atoms. The summed E-state index contributed by atoms with van der Waals surface area (Å²) < 4.78 is 7.65.